The van der Waals surface area contributed by atoms with Gasteiger partial charge < -0.3 is 30.4 Å². The van der Waals surface area contributed by atoms with Crippen molar-refractivity contribution in [3.05, 3.63) is 35.5 Å². The number of hydrogen-bond acceptors (Lipinski definition) is 8. The van der Waals surface area contributed by atoms with Crippen molar-refractivity contribution in [2.24, 2.45) is 0 Å². The number of nitrogens with one attached hydrogen (secondary N) is 2. The van der Waals surface area contributed by atoms with Crippen LogP contribution in [0.25, 0.3) is 0 Å². The second-order valence-corrected chi connectivity index (χ2v) is 11.2. The molecular weight excluding hydrogens is 532 g/mol. The molecule has 0 spiro atoms. The van der Waals surface area contributed by atoms with Gasteiger partial charge in [-0.05, 0) is 50.4 Å². The van der Waals surface area contributed by atoms with Gasteiger partial charge in [0.05, 0.1) is 19.3 Å². The topological polar surface area (TPSA) is 114 Å². The first-order valence-electron chi connectivity index (χ1n) is 14.5. The fourth-order valence-electron chi connectivity index (χ4n) is 6.05. The Morgan fingerprint density at radius 2 is 1.88 bits per heavy atom. The summed E-state index contributed by atoms with van der Waals surface area (Å²) in [6.07, 6.45) is 7.58. The molecule has 12 heteroatoms. The number of carbonyl (C=O) groups excluding carboxylic acids is 2. The van der Waals surface area contributed by atoms with E-state index in [1.54, 1.807) is 23.1 Å². The summed E-state index contributed by atoms with van der Waals surface area (Å²) in [5.41, 5.74) is 1.63. The Morgan fingerprint density at radius 1 is 1.15 bits per heavy atom. The summed E-state index contributed by atoms with van der Waals surface area (Å²) in [4.78, 5) is 39.3. The lowest BCUT2D eigenvalue weighted by Crippen LogP contribution is -2.49. The summed E-state index contributed by atoms with van der Waals surface area (Å²) in [6, 6.07) is 4.93. The molecule has 41 heavy (non-hydrogen) atoms. The molecule has 3 N–H and O–H groups in total. The van der Waals surface area contributed by atoms with Crippen molar-refractivity contribution >= 4 is 35.0 Å². The molecule has 2 aliphatic heterocycles. The van der Waals surface area contributed by atoms with E-state index in [1.165, 1.54) is 13.2 Å². The van der Waals surface area contributed by atoms with Crippen LogP contribution in [0.3, 0.4) is 0 Å². The summed E-state index contributed by atoms with van der Waals surface area (Å²) < 4.78 is 29.9. The number of anilines is 4. The number of piperidine rings is 1. The van der Waals surface area contributed by atoms with Gasteiger partial charge in [0.25, 0.3) is 11.8 Å². The Balaban J connectivity index is 1.37. The minimum absolute atomic E-state index is 0.109. The predicted octanol–water partition coefficient (Wildman–Crippen LogP) is 3.68. The number of benzene rings is 1. The van der Waals surface area contributed by atoms with Gasteiger partial charge in [0.2, 0.25) is 5.95 Å². The molecule has 1 aromatic carbocycles. The number of rotatable bonds is 7. The number of halogens is 2. The minimum Gasteiger partial charge on any atom is -0.392 e. The second kappa shape index (κ2) is 12.2. The van der Waals surface area contributed by atoms with Crippen LogP contribution in [0.15, 0.2) is 24.4 Å². The van der Waals surface area contributed by atoms with E-state index in [0.717, 1.165) is 69.5 Å². The normalized spacial score (nSPS) is 20.5. The van der Waals surface area contributed by atoms with Crippen molar-refractivity contribution in [1.29, 1.82) is 0 Å². The number of hydrogen-bond donors (Lipinski definition) is 3. The molecule has 222 valence electrons. The maximum Gasteiger partial charge on any atom is 0.342 e. The van der Waals surface area contributed by atoms with Crippen LogP contribution in [0.4, 0.5) is 31.9 Å². The van der Waals surface area contributed by atoms with Gasteiger partial charge in [-0.1, -0.05) is 26.2 Å². The lowest BCUT2D eigenvalue weighted by Gasteiger charge is -2.35. The van der Waals surface area contributed by atoms with Gasteiger partial charge in [0, 0.05) is 49.0 Å². The minimum atomic E-state index is -3.56. The standard InChI is InChI=1S/C29H39F2N7O3/c1-3-37-13-11-21(12-14-37)33-26(40)19-9-10-23(20(15-19)17-39)34-28-32-16-24-25(35-28)38(22-7-5-4-6-8-22)18-29(30,31)27(41)36(24)2/h9-10,15-16,21-22,39H,3-8,11-14,17-18H2,1-2H3,(H,33,40)(H,32,34,35). The molecule has 3 heterocycles. The van der Waals surface area contributed by atoms with Gasteiger partial charge in [-0.15, -0.1) is 0 Å². The Kier molecular flexibility index (Phi) is 8.69. The lowest BCUT2D eigenvalue weighted by molar-refractivity contribution is -0.140. The number of likely N-dealkylation sites (tertiary alicyclic amines) is 1. The van der Waals surface area contributed by atoms with E-state index in [2.05, 4.69) is 32.4 Å². The van der Waals surface area contributed by atoms with Crippen molar-refractivity contribution in [2.75, 3.05) is 48.3 Å². The highest BCUT2D eigenvalue weighted by atomic mass is 19.3. The van der Waals surface area contributed by atoms with Crippen molar-refractivity contribution in [2.45, 2.75) is 76.5 Å². The Morgan fingerprint density at radius 3 is 2.56 bits per heavy atom. The summed E-state index contributed by atoms with van der Waals surface area (Å²) in [5, 5.41) is 16.3. The van der Waals surface area contributed by atoms with Gasteiger partial charge in [-0.3, -0.25) is 9.59 Å². The molecule has 2 aromatic rings. The number of alkyl halides is 2. The summed E-state index contributed by atoms with van der Waals surface area (Å²) in [6.45, 7) is 3.96. The lowest BCUT2D eigenvalue weighted by atomic mass is 9.94. The fraction of sp³-hybridized carbons (Fsp3) is 0.586. The third-order valence-corrected chi connectivity index (χ3v) is 8.54. The molecule has 1 saturated carbocycles. The first-order chi connectivity index (χ1) is 19.7. The highest BCUT2D eigenvalue weighted by Crippen LogP contribution is 2.39. The van der Waals surface area contributed by atoms with Crippen molar-refractivity contribution in [3.63, 3.8) is 0 Å². The number of amides is 2. The van der Waals surface area contributed by atoms with Gasteiger partial charge in [0.1, 0.15) is 5.69 Å². The average Bonchev–Trinajstić information content (AvgIpc) is 3.06. The largest absolute Gasteiger partial charge is 0.392 e. The van der Waals surface area contributed by atoms with Gasteiger partial charge >= 0.3 is 5.92 Å². The molecule has 5 rings (SSSR count). The third-order valence-electron chi connectivity index (χ3n) is 8.54. The number of aliphatic hydroxyl groups excluding tert-OH is 1. The molecule has 1 aliphatic carbocycles. The number of aliphatic hydroxyl groups is 1. The molecule has 10 nitrogen and oxygen atoms in total. The van der Waals surface area contributed by atoms with E-state index in [0.29, 0.717) is 16.8 Å². The zero-order valence-electron chi connectivity index (χ0n) is 23.7. The Bertz CT molecular complexity index is 1260. The maximum absolute atomic E-state index is 14.9. The predicted molar refractivity (Wildman–Crippen MR) is 153 cm³/mol. The maximum atomic E-state index is 14.9. The molecule has 1 aromatic heterocycles. The van der Waals surface area contributed by atoms with Crippen molar-refractivity contribution in [1.82, 2.24) is 20.2 Å². The number of carbonyl (C=O) groups is 2. The SMILES string of the molecule is CCN1CCC(NC(=O)c2ccc(Nc3ncc4c(n3)N(C3CCCCC3)CC(F)(F)C(=O)N4C)c(CO)c2)CC1. The first-order valence-corrected chi connectivity index (χ1v) is 14.5. The molecule has 0 atom stereocenters. The van der Waals surface area contributed by atoms with E-state index >= 15 is 0 Å². The second-order valence-electron chi connectivity index (χ2n) is 11.2. The highest BCUT2D eigenvalue weighted by Gasteiger charge is 2.48. The fourth-order valence-corrected chi connectivity index (χ4v) is 6.05. The number of fused-ring (bicyclic) bond motifs is 1. The Hall–Kier alpha value is -3.38. The molecule has 1 saturated heterocycles. The quantitative estimate of drug-likeness (QED) is 0.461. The molecule has 3 aliphatic rings. The third kappa shape index (κ3) is 6.28. The zero-order valence-corrected chi connectivity index (χ0v) is 23.7. The van der Waals surface area contributed by atoms with Crippen LogP contribution in [0.1, 0.15) is 67.8 Å². The van der Waals surface area contributed by atoms with Gasteiger partial charge in [0.15, 0.2) is 5.82 Å². The summed E-state index contributed by atoms with van der Waals surface area (Å²) >= 11 is 0. The monoisotopic (exact) mass is 571 g/mol. The average molecular weight is 572 g/mol. The summed E-state index contributed by atoms with van der Waals surface area (Å²) in [5.74, 6) is -4.62. The van der Waals surface area contributed by atoms with Crippen LogP contribution in [0.2, 0.25) is 0 Å². The van der Waals surface area contributed by atoms with E-state index in [1.807, 2.05) is 0 Å². The van der Waals surface area contributed by atoms with Gasteiger partial charge in [-0.2, -0.15) is 13.8 Å². The van der Waals surface area contributed by atoms with Crippen molar-refractivity contribution in [3.8, 4) is 0 Å². The molecule has 0 bridgehead atoms. The van der Waals surface area contributed by atoms with Crippen LogP contribution in [0, 0.1) is 0 Å². The van der Waals surface area contributed by atoms with Crippen LogP contribution < -0.4 is 20.4 Å². The van der Waals surface area contributed by atoms with Gasteiger partial charge in [-0.25, -0.2) is 4.98 Å². The van der Waals surface area contributed by atoms with E-state index < -0.39 is 18.4 Å². The van der Waals surface area contributed by atoms with Crippen LogP contribution in [-0.2, 0) is 11.4 Å². The molecule has 2 fully saturated rings. The number of nitrogens with zero attached hydrogens (tertiary/aromatic N) is 5. The van der Waals surface area contributed by atoms with E-state index in [4.69, 9.17) is 0 Å². The number of aromatic nitrogens is 2. The highest BCUT2D eigenvalue weighted by molar-refractivity contribution is 6.02. The molecule has 2 amide bonds. The Labute approximate surface area is 239 Å². The van der Waals surface area contributed by atoms with E-state index in [-0.39, 0.29) is 42.1 Å². The first kappa shape index (κ1) is 29.1. The molecule has 0 unspecified atom stereocenters. The van der Waals surface area contributed by atoms with Crippen LogP contribution in [0.5, 0.6) is 0 Å². The van der Waals surface area contributed by atoms with Crippen LogP contribution >= 0.6 is 0 Å². The zero-order chi connectivity index (χ0) is 29.1. The van der Waals surface area contributed by atoms with Crippen LogP contribution in [-0.4, -0.2) is 83.0 Å². The van der Waals surface area contributed by atoms with E-state index in [9.17, 15) is 23.5 Å². The van der Waals surface area contributed by atoms with Crippen molar-refractivity contribution < 1.29 is 23.5 Å². The molecular formula is C29H39F2N7O3. The summed E-state index contributed by atoms with van der Waals surface area (Å²) in [7, 11) is 1.32. The molecule has 0 radical (unpaired) electrons. The smallest absolute Gasteiger partial charge is 0.342 e.